The Bertz CT molecular complexity index is 443. The first-order chi connectivity index (χ1) is 7.75. The number of hydrogen-bond acceptors (Lipinski definition) is 1. The summed E-state index contributed by atoms with van der Waals surface area (Å²) in [6, 6.07) is 6.18. The SMILES string of the molecule is O=C1Nc2c(Br)cccc2C(C2CCC2)N1. The molecule has 2 N–H and O–H groups in total. The van der Waals surface area contributed by atoms with Crippen molar-refractivity contribution in [1.82, 2.24) is 5.32 Å². The first kappa shape index (κ1) is 10.1. The van der Waals surface area contributed by atoms with Gasteiger partial charge in [-0.25, -0.2) is 4.79 Å². The van der Waals surface area contributed by atoms with Crippen molar-refractivity contribution < 1.29 is 4.79 Å². The first-order valence-corrected chi connectivity index (χ1v) is 6.41. The van der Waals surface area contributed by atoms with Crippen molar-refractivity contribution >= 4 is 27.6 Å². The summed E-state index contributed by atoms with van der Waals surface area (Å²) >= 11 is 3.48. The van der Waals surface area contributed by atoms with Gasteiger partial charge in [0.05, 0.1) is 11.7 Å². The minimum atomic E-state index is -0.0868. The Morgan fingerprint density at radius 3 is 2.81 bits per heavy atom. The average Bonchev–Trinajstić information content (AvgIpc) is 2.17. The maximum atomic E-state index is 11.6. The van der Waals surface area contributed by atoms with Crippen LogP contribution >= 0.6 is 15.9 Å². The zero-order valence-electron chi connectivity index (χ0n) is 8.79. The molecule has 2 amide bonds. The van der Waals surface area contributed by atoms with Gasteiger partial charge in [0.25, 0.3) is 0 Å². The molecule has 1 atom stereocenters. The van der Waals surface area contributed by atoms with E-state index in [0.29, 0.717) is 5.92 Å². The van der Waals surface area contributed by atoms with Crippen LogP contribution in [0.1, 0.15) is 30.9 Å². The molecule has 1 aliphatic carbocycles. The standard InChI is InChI=1S/C12H13BrN2O/c13-9-6-2-5-8-10(7-3-1-4-7)14-12(16)15-11(8)9/h2,5-7,10H,1,3-4H2,(H2,14,15,16). The summed E-state index contributed by atoms with van der Waals surface area (Å²) in [6.07, 6.45) is 3.72. The average molecular weight is 281 g/mol. The number of benzene rings is 1. The molecule has 1 unspecified atom stereocenters. The van der Waals surface area contributed by atoms with Crippen LogP contribution in [0.4, 0.5) is 10.5 Å². The van der Waals surface area contributed by atoms with Crippen LogP contribution in [0.3, 0.4) is 0 Å². The van der Waals surface area contributed by atoms with Crippen molar-refractivity contribution in [1.29, 1.82) is 0 Å². The fourth-order valence-electron chi connectivity index (χ4n) is 2.45. The van der Waals surface area contributed by atoms with E-state index < -0.39 is 0 Å². The number of rotatable bonds is 1. The summed E-state index contributed by atoms with van der Waals surface area (Å²) in [5, 5.41) is 5.90. The number of para-hydroxylation sites is 1. The Kier molecular flexibility index (Phi) is 2.39. The number of halogens is 1. The molecule has 1 heterocycles. The molecule has 0 spiro atoms. The summed E-state index contributed by atoms with van der Waals surface area (Å²) in [7, 11) is 0. The smallest absolute Gasteiger partial charge is 0.319 e. The Morgan fingerprint density at radius 2 is 2.12 bits per heavy atom. The number of nitrogens with one attached hydrogen (secondary N) is 2. The van der Waals surface area contributed by atoms with Crippen LogP contribution in [0.5, 0.6) is 0 Å². The summed E-state index contributed by atoms with van der Waals surface area (Å²) < 4.78 is 0.962. The molecule has 1 fully saturated rings. The Balaban J connectivity index is 2.03. The minimum absolute atomic E-state index is 0.0868. The zero-order chi connectivity index (χ0) is 11.1. The number of fused-ring (bicyclic) bond motifs is 1. The molecule has 1 aromatic carbocycles. The van der Waals surface area contributed by atoms with Crippen molar-refractivity contribution in [2.75, 3.05) is 5.32 Å². The van der Waals surface area contributed by atoms with Crippen molar-refractivity contribution in [2.24, 2.45) is 5.92 Å². The van der Waals surface area contributed by atoms with Crippen molar-refractivity contribution in [3.05, 3.63) is 28.2 Å². The molecular weight excluding hydrogens is 268 g/mol. The molecule has 4 heteroatoms. The largest absolute Gasteiger partial charge is 0.331 e. The van der Waals surface area contributed by atoms with Crippen LogP contribution in [-0.2, 0) is 0 Å². The van der Waals surface area contributed by atoms with Crippen molar-refractivity contribution in [2.45, 2.75) is 25.3 Å². The Labute approximate surface area is 103 Å². The fraction of sp³-hybridized carbons (Fsp3) is 0.417. The molecule has 2 aliphatic rings. The predicted octanol–water partition coefficient (Wildman–Crippen LogP) is 3.43. The summed E-state index contributed by atoms with van der Waals surface area (Å²) in [6.45, 7) is 0. The van der Waals surface area contributed by atoms with Crippen LogP contribution in [-0.4, -0.2) is 6.03 Å². The molecule has 0 aromatic heterocycles. The topological polar surface area (TPSA) is 41.1 Å². The number of amides is 2. The lowest BCUT2D eigenvalue weighted by Gasteiger charge is -2.38. The maximum Gasteiger partial charge on any atom is 0.319 e. The van der Waals surface area contributed by atoms with Gasteiger partial charge in [-0.2, -0.15) is 0 Å². The van der Waals surface area contributed by atoms with E-state index in [9.17, 15) is 4.79 Å². The monoisotopic (exact) mass is 280 g/mol. The number of hydrogen-bond donors (Lipinski definition) is 2. The third kappa shape index (κ3) is 1.52. The Hall–Kier alpha value is -1.03. The van der Waals surface area contributed by atoms with Gasteiger partial charge in [-0.1, -0.05) is 18.6 Å². The van der Waals surface area contributed by atoms with Crippen LogP contribution < -0.4 is 10.6 Å². The number of anilines is 1. The van der Waals surface area contributed by atoms with E-state index in [4.69, 9.17) is 0 Å². The second-order valence-electron chi connectivity index (χ2n) is 4.47. The summed E-state index contributed by atoms with van der Waals surface area (Å²) in [5.41, 5.74) is 2.14. The first-order valence-electron chi connectivity index (χ1n) is 5.61. The quantitative estimate of drug-likeness (QED) is 0.813. The zero-order valence-corrected chi connectivity index (χ0v) is 10.4. The fourth-order valence-corrected chi connectivity index (χ4v) is 2.93. The van der Waals surface area contributed by atoms with Crippen LogP contribution in [0.25, 0.3) is 0 Å². The molecular formula is C12H13BrN2O. The van der Waals surface area contributed by atoms with Crippen molar-refractivity contribution in [3.8, 4) is 0 Å². The highest BCUT2D eigenvalue weighted by atomic mass is 79.9. The number of urea groups is 1. The van der Waals surface area contributed by atoms with Crippen LogP contribution in [0.2, 0.25) is 0 Å². The molecule has 3 rings (SSSR count). The minimum Gasteiger partial charge on any atom is -0.331 e. The van der Waals surface area contributed by atoms with Gasteiger partial charge in [0.15, 0.2) is 0 Å². The van der Waals surface area contributed by atoms with Gasteiger partial charge in [0.2, 0.25) is 0 Å². The molecule has 0 radical (unpaired) electrons. The van der Waals surface area contributed by atoms with E-state index in [1.54, 1.807) is 0 Å². The van der Waals surface area contributed by atoms with E-state index in [1.807, 2.05) is 12.1 Å². The lowest BCUT2D eigenvalue weighted by molar-refractivity contribution is 0.213. The maximum absolute atomic E-state index is 11.6. The molecule has 1 aromatic rings. The van der Waals surface area contributed by atoms with Crippen LogP contribution in [0, 0.1) is 5.92 Å². The molecule has 0 bridgehead atoms. The van der Waals surface area contributed by atoms with Gasteiger partial charge < -0.3 is 10.6 Å². The highest BCUT2D eigenvalue weighted by molar-refractivity contribution is 9.10. The summed E-state index contributed by atoms with van der Waals surface area (Å²) in [4.78, 5) is 11.6. The lowest BCUT2D eigenvalue weighted by Crippen LogP contribution is -2.42. The Morgan fingerprint density at radius 1 is 1.31 bits per heavy atom. The van der Waals surface area contributed by atoms with Crippen LogP contribution in [0.15, 0.2) is 22.7 Å². The summed E-state index contributed by atoms with van der Waals surface area (Å²) in [5.74, 6) is 0.610. The third-order valence-corrected chi connectivity index (χ3v) is 4.19. The van der Waals surface area contributed by atoms with E-state index in [1.165, 1.54) is 24.8 Å². The highest BCUT2D eigenvalue weighted by Crippen LogP contribution is 2.43. The highest BCUT2D eigenvalue weighted by Gasteiger charge is 2.34. The molecule has 16 heavy (non-hydrogen) atoms. The van der Waals surface area contributed by atoms with E-state index >= 15 is 0 Å². The second-order valence-corrected chi connectivity index (χ2v) is 5.33. The molecule has 1 saturated carbocycles. The van der Waals surface area contributed by atoms with Gasteiger partial charge in [-0.05, 0) is 46.3 Å². The number of carbonyl (C=O) groups excluding carboxylic acids is 1. The van der Waals surface area contributed by atoms with Gasteiger partial charge in [-0.3, -0.25) is 0 Å². The second kappa shape index (κ2) is 3.77. The van der Waals surface area contributed by atoms with Gasteiger partial charge in [-0.15, -0.1) is 0 Å². The van der Waals surface area contributed by atoms with E-state index in [0.717, 1.165) is 10.2 Å². The van der Waals surface area contributed by atoms with Gasteiger partial charge >= 0.3 is 6.03 Å². The molecule has 0 saturated heterocycles. The van der Waals surface area contributed by atoms with E-state index in [2.05, 4.69) is 32.6 Å². The molecule has 84 valence electrons. The molecule has 1 aliphatic heterocycles. The van der Waals surface area contributed by atoms with E-state index in [-0.39, 0.29) is 12.1 Å². The van der Waals surface area contributed by atoms with Gasteiger partial charge in [0, 0.05) is 4.47 Å². The number of carbonyl (C=O) groups is 1. The van der Waals surface area contributed by atoms with Gasteiger partial charge in [0.1, 0.15) is 0 Å². The van der Waals surface area contributed by atoms with Crippen molar-refractivity contribution in [3.63, 3.8) is 0 Å². The third-order valence-electron chi connectivity index (χ3n) is 3.53. The normalized spacial score (nSPS) is 24.1. The lowest BCUT2D eigenvalue weighted by atomic mass is 9.76. The predicted molar refractivity (Wildman–Crippen MR) is 66.4 cm³/mol. The molecule has 3 nitrogen and oxygen atoms in total.